The number of nitrogens with zero attached hydrogens (tertiary/aromatic N) is 1. The molecule has 1 aliphatic rings. The molecule has 5 heteroatoms. The SMILES string of the molecule is NC1CC(Cc2ccc(F)cc2)CN(c2ccc(F)c(F)c2)C1. The van der Waals surface area contributed by atoms with E-state index in [0.29, 0.717) is 12.2 Å². The molecule has 0 amide bonds. The van der Waals surface area contributed by atoms with E-state index in [1.54, 1.807) is 18.2 Å². The van der Waals surface area contributed by atoms with Crippen LogP contribution in [0, 0.1) is 23.4 Å². The molecule has 1 saturated heterocycles. The normalized spacial score (nSPS) is 21.5. The minimum absolute atomic E-state index is 0.0256. The summed E-state index contributed by atoms with van der Waals surface area (Å²) in [4.78, 5) is 1.99. The minimum Gasteiger partial charge on any atom is -0.370 e. The Labute approximate surface area is 133 Å². The van der Waals surface area contributed by atoms with Crippen LogP contribution >= 0.6 is 0 Å². The first-order valence-electron chi connectivity index (χ1n) is 7.71. The Bertz CT molecular complexity index is 672. The van der Waals surface area contributed by atoms with Crippen molar-refractivity contribution in [3.8, 4) is 0 Å². The van der Waals surface area contributed by atoms with E-state index < -0.39 is 11.6 Å². The zero-order valence-corrected chi connectivity index (χ0v) is 12.7. The number of nitrogens with two attached hydrogens (primary N) is 1. The Kier molecular flexibility index (Phi) is 4.57. The fourth-order valence-electron chi connectivity index (χ4n) is 3.24. The molecule has 0 spiro atoms. The summed E-state index contributed by atoms with van der Waals surface area (Å²) >= 11 is 0. The molecule has 2 atom stereocenters. The molecule has 0 saturated carbocycles. The maximum Gasteiger partial charge on any atom is 0.160 e. The highest BCUT2D eigenvalue weighted by Crippen LogP contribution is 2.26. The second-order valence-corrected chi connectivity index (χ2v) is 6.20. The Balaban J connectivity index is 1.73. The van der Waals surface area contributed by atoms with Crippen molar-refractivity contribution in [3.63, 3.8) is 0 Å². The van der Waals surface area contributed by atoms with Gasteiger partial charge in [0.2, 0.25) is 0 Å². The summed E-state index contributed by atoms with van der Waals surface area (Å²) in [5.41, 5.74) is 7.82. The second kappa shape index (κ2) is 6.62. The Morgan fingerprint density at radius 3 is 2.39 bits per heavy atom. The maximum absolute atomic E-state index is 13.4. The van der Waals surface area contributed by atoms with Gasteiger partial charge in [-0.2, -0.15) is 0 Å². The number of halogens is 3. The van der Waals surface area contributed by atoms with Gasteiger partial charge in [-0.15, -0.1) is 0 Å². The molecule has 0 aliphatic carbocycles. The molecule has 2 aromatic carbocycles. The molecule has 2 unspecified atom stereocenters. The lowest BCUT2D eigenvalue weighted by Crippen LogP contribution is -2.47. The second-order valence-electron chi connectivity index (χ2n) is 6.20. The highest BCUT2D eigenvalue weighted by Gasteiger charge is 2.26. The molecule has 0 aromatic heterocycles. The fraction of sp³-hybridized carbons (Fsp3) is 0.333. The van der Waals surface area contributed by atoms with E-state index in [0.717, 1.165) is 31.0 Å². The van der Waals surface area contributed by atoms with Gasteiger partial charge in [0.1, 0.15) is 5.82 Å². The minimum atomic E-state index is -0.850. The van der Waals surface area contributed by atoms with Crippen LogP contribution in [0.25, 0.3) is 0 Å². The lowest BCUT2D eigenvalue weighted by atomic mass is 9.89. The first kappa shape index (κ1) is 15.9. The van der Waals surface area contributed by atoms with Gasteiger partial charge in [-0.3, -0.25) is 0 Å². The molecule has 2 N–H and O–H groups in total. The average molecular weight is 320 g/mol. The van der Waals surface area contributed by atoms with Crippen LogP contribution in [-0.4, -0.2) is 19.1 Å². The highest BCUT2D eigenvalue weighted by atomic mass is 19.2. The molecule has 0 radical (unpaired) electrons. The summed E-state index contributed by atoms with van der Waals surface area (Å²) in [6.45, 7) is 1.33. The van der Waals surface area contributed by atoms with Crippen LogP contribution < -0.4 is 10.6 Å². The summed E-state index contributed by atoms with van der Waals surface area (Å²) < 4.78 is 39.5. The van der Waals surface area contributed by atoms with E-state index in [9.17, 15) is 13.2 Å². The quantitative estimate of drug-likeness (QED) is 0.938. The first-order chi connectivity index (χ1) is 11.0. The van der Waals surface area contributed by atoms with E-state index in [1.165, 1.54) is 18.2 Å². The van der Waals surface area contributed by atoms with E-state index >= 15 is 0 Å². The molecule has 1 fully saturated rings. The van der Waals surface area contributed by atoms with Gasteiger partial charge < -0.3 is 10.6 Å². The van der Waals surface area contributed by atoms with Crippen LogP contribution in [0.15, 0.2) is 42.5 Å². The average Bonchev–Trinajstić information content (AvgIpc) is 2.52. The Hall–Kier alpha value is -2.01. The summed E-state index contributed by atoms with van der Waals surface area (Å²) in [5, 5.41) is 0. The van der Waals surface area contributed by atoms with E-state index in [4.69, 9.17) is 5.73 Å². The van der Waals surface area contributed by atoms with Crippen molar-refractivity contribution >= 4 is 5.69 Å². The number of hydrogen-bond donors (Lipinski definition) is 1. The lowest BCUT2D eigenvalue weighted by molar-refractivity contribution is 0.374. The summed E-state index contributed by atoms with van der Waals surface area (Å²) in [6, 6.07) is 10.3. The topological polar surface area (TPSA) is 29.3 Å². The molecular formula is C18H19F3N2. The third kappa shape index (κ3) is 3.85. The third-order valence-electron chi connectivity index (χ3n) is 4.28. The van der Waals surface area contributed by atoms with Gasteiger partial charge in [0.15, 0.2) is 11.6 Å². The standard InChI is InChI=1S/C18H19F3N2/c19-14-3-1-12(2-4-14)7-13-8-15(22)11-23(10-13)16-5-6-17(20)18(21)9-16/h1-6,9,13,15H,7-8,10-11,22H2. The van der Waals surface area contributed by atoms with Gasteiger partial charge >= 0.3 is 0 Å². The lowest BCUT2D eigenvalue weighted by Gasteiger charge is -2.38. The van der Waals surface area contributed by atoms with Crippen LogP contribution in [0.3, 0.4) is 0 Å². The molecule has 2 aromatic rings. The van der Waals surface area contributed by atoms with Crippen LogP contribution in [0.1, 0.15) is 12.0 Å². The van der Waals surface area contributed by atoms with Crippen molar-refractivity contribution in [1.29, 1.82) is 0 Å². The molecule has 122 valence electrons. The third-order valence-corrected chi connectivity index (χ3v) is 4.28. The van der Waals surface area contributed by atoms with E-state index in [-0.39, 0.29) is 17.8 Å². The Morgan fingerprint density at radius 2 is 1.70 bits per heavy atom. The predicted octanol–water partition coefficient (Wildman–Crippen LogP) is 3.50. The smallest absolute Gasteiger partial charge is 0.160 e. The van der Waals surface area contributed by atoms with Crippen LogP contribution in [-0.2, 0) is 6.42 Å². The first-order valence-corrected chi connectivity index (χ1v) is 7.71. The van der Waals surface area contributed by atoms with Crippen LogP contribution in [0.4, 0.5) is 18.9 Å². The van der Waals surface area contributed by atoms with Crippen LogP contribution in [0.2, 0.25) is 0 Å². The van der Waals surface area contributed by atoms with Gasteiger partial charge in [-0.05, 0) is 48.6 Å². The van der Waals surface area contributed by atoms with Crippen molar-refractivity contribution in [1.82, 2.24) is 0 Å². The molecule has 2 nitrogen and oxygen atoms in total. The predicted molar refractivity (Wildman–Crippen MR) is 84.8 cm³/mol. The molecule has 1 heterocycles. The Morgan fingerprint density at radius 1 is 0.957 bits per heavy atom. The molecule has 23 heavy (non-hydrogen) atoms. The van der Waals surface area contributed by atoms with Gasteiger partial charge in [0.05, 0.1) is 0 Å². The summed E-state index contributed by atoms with van der Waals surface area (Å²) in [6.07, 6.45) is 1.64. The number of piperidine rings is 1. The van der Waals surface area contributed by atoms with Crippen molar-refractivity contribution in [2.45, 2.75) is 18.9 Å². The van der Waals surface area contributed by atoms with E-state index in [2.05, 4.69) is 0 Å². The van der Waals surface area contributed by atoms with Gasteiger partial charge in [-0.1, -0.05) is 12.1 Å². The van der Waals surface area contributed by atoms with Crippen molar-refractivity contribution in [2.75, 3.05) is 18.0 Å². The molecule has 3 rings (SSSR count). The molecule has 1 aliphatic heterocycles. The largest absolute Gasteiger partial charge is 0.370 e. The van der Waals surface area contributed by atoms with Crippen LogP contribution in [0.5, 0.6) is 0 Å². The monoisotopic (exact) mass is 320 g/mol. The number of rotatable bonds is 3. The summed E-state index contributed by atoms with van der Waals surface area (Å²) in [5.74, 6) is -1.66. The number of hydrogen-bond acceptors (Lipinski definition) is 2. The number of benzene rings is 2. The number of anilines is 1. The van der Waals surface area contributed by atoms with Gasteiger partial charge in [-0.25, -0.2) is 13.2 Å². The molecule has 0 bridgehead atoms. The van der Waals surface area contributed by atoms with Gasteiger partial charge in [0.25, 0.3) is 0 Å². The molecular weight excluding hydrogens is 301 g/mol. The van der Waals surface area contributed by atoms with Gasteiger partial charge in [0, 0.05) is 30.9 Å². The van der Waals surface area contributed by atoms with E-state index in [1.807, 2.05) is 4.90 Å². The summed E-state index contributed by atoms with van der Waals surface area (Å²) in [7, 11) is 0. The zero-order valence-electron chi connectivity index (χ0n) is 12.7. The maximum atomic E-state index is 13.4. The highest BCUT2D eigenvalue weighted by molar-refractivity contribution is 5.47. The zero-order chi connectivity index (χ0) is 16.4. The van der Waals surface area contributed by atoms with Crippen molar-refractivity contribution in [2.24, 2.45) is 11.7 Å². The van der Waals surface area contributed by atoms with Crippen molar-refractivity contribution in [3.05, 3.63) is 65.5 Å². The fourth-order valence-corrected chi connectivity index (χ4v) is 3.24. The van der Waals surface area contributed by atoms with Crippen molar-refractivity contribution < 1.29 is 13.2 Å².